The van der Waals surface area contributed by atoms with Gasteiger partial charge >= 0.3 is 0 Å². The Labute approximate surface area is 525 Å². The molecule has 0 aromatic carbocycles. The van der Waals surface area contributed by atoms with E-state index in [0.717, 1.165) is 116 Å². The van der Waals surface area contributed by atoms with Crippen LogP contribution in [0.5, 0.6) is 0 Å². The van der Waals surface area contributed by atoms with Gasteiger partial charge in [0, 0.05) is 6.42 Å². The molecule has 12 atom stereocenters. The zero-order valence-electron chi connectivity index (χ0n) is 53.2. The number of aliphatic hydroxyl groups is 8. The van der Waals surface area contributed by atoms with Crippen LogP contribution in [0.2, 0.25) is 0 Å². The van der Waals surface area contributed by atoms with Crippen LogP contribution in [-0.2, 0) is 23.7 Å². The summed E-state index contributed by atoms with van der Waals surface area (Å²) in [6.45, 7) is 2.63. The van der Waals surface area contributed by atoms with E-state index in [2.05, 4.69) is 165 Å². The minimum absolute atomic E-state index is 0.215. The Hall–Kier alpha value is -4.39. The number of unbranched alkanes of at least 4 members (excludes halogenated alkanes) is 14. The molecule has 1 amide bonds. The molecule has 9 N–H and O–H groups in total. The molecule has 12 unspecified atom stereocenters. The Morgan fingerprint density at radius 1 is 0.425 bits per heavy atom. The number of hydrogen-bond acceptors (Lipinski definition) is 13. The van der Waals surface area contributed by atoms with Gasteiger partial charge in [0.05, 0.1) is 32.0 Å². The van der Waals surface area contributed by atoms with Crippen molar-refractivity contribution in [2.24, 2.45) is 0 Å². The first-order chi connectivity index (χ1) is 42.6. The molecule has 2 saturated heterocycles. The summed E-state index contributed by atoms with van der Waals surface area (Å²) in [6.07, 6.45) is 68.7. The zero-order valence-corrected chi connectivity index (χ0v) is 53.2. The summed E-state index contributed by atoms with van der Waals surface area (Å²) in [5.41, 5.74) is 0. The predicted octanol–water partition coefficient (Wildman–Crippen LogP) is 13.1. The van der Waals surface area contributed by atoms with Crippen LogP contribution >= 0.6 is 0 Å². The van der Waals surface area contributed by atoms with E-state index in [1.807, 2.05) is 6.08 Å². The second-order valence-electron chi connectivity index (χ2n) is 22.5. The van der Waals surface area contributed by atoms with Crippen molar-refractivity contribution in [2.45, 2.75) is 274 Å². The van der Waals surface area contributed by atoms with E-state index < -0.39 is 86.8 Å². The molecule has 2 heterocycles. The fraction of sp³-hybridized carbons (Fsp3) is 0.630. The molecule has 0 spiro atoms. The molecule has 0 saturated carbocycles. The summed E-state index contributed by atoms with van der Waals surface area (Å²) < 4.78 is 22.7. The fourth-order valence-electron chi connectivity index (χ4n) is 9.68. The second kappa shape index (κ2) is 55.7. The van der Waals surface area contributed by atoms with E-state index >= 15 is 0 Å². The highest BCUT2D eigenvalue weighted by atomic mass is 16.7. The summed E-state index contributed by atoms with van der Waals surface area (Å²) in [5.74, 6) is -0.289. The topological polar surface area (TPSA) is 228 Å². The molecule has 2 rings (SSSR count). The molecule has 2 aliphatic rings. The van der Waals surface area contributed by atoms with Crippen molar-refractivity contribution in [1.82, 2.24) is 5.32 Å². The van der Waals surface area contributed by atoms with Gasteiger partial charge in [-0.25, -0.2) is 0 Å². The standard InChI is InChI=1S/C73H117NO13/c1-3-5-7-9-11-13-15-17-19-20-21-22-23-24-25-26-27-28-29-30-31-32-33-34-35-36-37-38-39-40-41-42-43-45-47-49-51-53-55-57-65(78)74-61(62(77)56-54-52-50-48-46-44-18-16-14-12-10-8-6-4-2)60-84-72-70(83)68(81)71(64(59-76)86-72)87-73-69(82)67(80)66(79)63(58-75)85-73/h5,7,11,13,17,19,21-22,24-25,27-28,30-31,33-34,36-37,39-40,42-43,47,49,54,56,61-64,66-73,75-77,79-83H,3-4,6,8-10,12,14-16,18,20,23,26,29,32,35,38,41,44-46,48,50-53,55,57-60H2,1-2H3,(H,74,78)/b7-5-,13-11-,19-17-,22-21-,25-24-,28-27-,31-30-,34-33-,37-36-,40-39-,43-42-,49-47-,56-54+. The van der Waals surface area contributed by atoms with Crippen LogP contribution in [0, 0.1) is 0 Å². The van der Waals surface area contributed by atoms with Gasteiger partial charge in [-0.15, -0.1) is 0 Å². The second-order valence-corrected chi connectivity index (χ2v) is 22.5. The maximum absolute atomic E-state index is 13.3. The highest BCUT2D eigenvalue weighted by molar-refractivity contribution is 5.76. The van der Waals surface area contributed by atoms with E-state index in [4.69, 9.17) is 18.9 Å². The van der Waals surface area contributed by atoms with E-state index in [9.17, 15) is 45.6 Å². The lowest BCUT2D eigenvalue weighted by Gasteiger charge is -2.46. The van der Waals surface area contributed by atoms with Crippen molar-refractivity contribution < 1.29 is 64.6 Å². The monoisotopic (exact) mass is 1220 g/mol. The Morgan fingerprint density at radius 2 is 0.793 bits per heavy atom. The van der Waals surface area contributed by atoms with Crippen molar-refractivity contribution in [2.75, 3.05) is 19.8 Å². The number of nitrogens with one attached hydrogen (secondary N) is 1. The van der Waals surface area contributed by atoms with Gasteiger partial charge in [0.2, 0.25) is 5.91 Å². The Balaban J connectivity index is 1.68. The van der Waals surface area contributed by atoms with Crippen LogP contribution in [0.3, 0.4) is 0 Å². The molecule has 0 aliphatic carbocycles. The molecule has 0 aromatic heterocycles. The van der Waals surface area contributed by atoms with Crippen molar-refractivity contribution in [3.63, 3.8) is 0 Å². The summed E-state index contributed by atoms with van der Waals surface area (Å²) in [5, 5.41) is 87.1. The number of carbonyl (C=O) groups is 1. The maximum Gasteiger partial charge on any atom is 0.220 e. The first-order valence-electron chi connectivity index (χ1n) is 33.2. The summed E-state index contributed by atoms with van der Waals surface area (Å²) in [7, 11) is 0. The first-order valence-corrected chi connectivity index (χ1v) is 33.2. The number of hydrogen-bond donors (Lipinski definition) is 9. The molecule has 0 radical (unpaired) electrons. The molecule has 0 aromatic rings. The van der Waals surface area contributed by atoms with Gasteiger partial charge in [-0.05, 0) is 109 Å². The summed E-state index contributed by atoms with van der Waals surface area (Å²) in [6, 6.07) is -0.950. The molecule has 14 heteroatoms. The average Bonchev–Trinajstić information content (AvgIpc) is 2.05. The number of rotatable bonds is 51. The Morgan fingerprint density at radius 3 is 1.22 bits per heavy atom. The third-order valence-corrected chi connectivity index (χ3v) is 15.0. The molecular formula is C73H117NO13. The normalized spacial score (nSPS) is 24.3. The van der Waals surface area contributed by atoms with Crippen LogP contribution in [-0.4, -0.2) is 140 Å². The Bertz CT molecular complexity index is 2070. The lowest BCUT2D eigenvalue weighted by Crippen LogP contribution is -2.65. The van der Waals surface area contributed by atoms with Crippen molar-refractivity contribution in [1.29, 1.82) is 0 Å². The minimum Gasteiger partial charge on any atom is -0.394 e. The third-order valence-electron chi connectivity index (χ3n) is 15.0. The van der Waals surface area contributed by atoms with E-state index in [0.29, 0.717) is 6.42 Å². The van der Waals surface area contributed by atoms with E-state index in [1.54, 1.807) is 6.08 Å². The van der Waals surface area contributed by atoms with Crippen molar-refractivity contribution in [3.05, 3.63) is 158 Å². The maximum atomic E-state index is 13.3. The van der Waals surface area contributed by atoms with Crippen LogP contribution in [0.1, 0.15) is 200 Å². The molecule has 2 fully saturated rings. The zero-order chi connectivity index (χ0) is 63.1. The number of aliphatic hydroxyl groups excluding tert-OH is 8. The highest BCUT2D eigenvalue weighted by Crippen LogP contribution is 2.30. The molecule has 87 heavy (non-hydrogen) atoms. The smallest absolute Gasteiger partial charge is 0.220 e. The molecule has 492 valence electrons. The van der Waals surface area contributed by atoms with Crippen LogP contribution in [0.4, 0.5) is 0 Å². The van der Waals surface area contributed by atoms with Gasteiger partial charge < -0.3 is 65.1 Å². The molecular weight excluding hydrogens is 1100 g/mol. The van der Waals surface area contributed by atoms with Crippen LogP contribution < -0.4 is 5.32 Å². The van der Waals surface area contributed by atoms with Crippen molar-refractivity contribution >= 4 is 5.91 Å². The van der Waals surface area contributed by atoms with Gasteiger partial charge in [-0.1, -0.05) is 242 Å². The van der Waals surface area contributed by atoms with E-state index in [1.165, 1.54) is 57.8 Å². The van der Waals surface area contributed by atoms with Gasteiger partial charge in [0.25, 0.3) is 0 Å². The van der Waals surface area contributed by atoms with Crippen LogP contribution in [0.15, 0.2) is 158 Å². The molecule has 14 nitrogen and oxygen atoms in total. The highest BCUT2D eigenvalue weighted by Gasteiger charge is 2.51. The fourth-order valence-corrected chi connectivity index (χ4v) is 9.68. The van der Waals surface area contributed by atoms with E-state index in [-0.39, 0.29) is 18.9 Å². The first kappa shape index (κ1) is 78.7. The minimum atomic E-state index is -1.80. The van der Waals surface area contributed by atoms with Gasteiger partial charge in [-0.2, -0.15) is 0 Å². The molecule has 0 bridgehead atoms. The number of ether oxygens (including phenoxy) is 4. The summed E-state index contributed by atoms with van der Waals surface area (Å²) in [4.78, 5) is 13.3. The van der Waals surface area contributed by atoms with Gasteiger partial charge in [-0.3, -0.25) is 4.79 Å². The number of amides is 1. The third kappa shape index (κ3) is 40.1. The van der Waals surface area contributed by atoms with Crippen molar-refractivity contribution in [3.8, 4) is 0 Å². The predicted molar refractivity (Wildman–Crippen MR) is 354 cm³/mol. The summed E-state index contributed by atoms with van der Waals surface area (Å²) >= 11 is 0. The van der Waals surface area contributed by atoms with Gasteiger partial charge in [0.15, 0.2) is 12.6 Å². The molecule has 2 aliphatic heterocycles. The number of allylic oxidation sites excluding steroid dienone is 25. The average molecular weight is 1220 g/mol. The van der Waals surface area contributed by atoms with Gasteiger partial charge in [0.1, 0.15) is 48.8 Å². The lowest BCUT2D eigenvalue weighted by molar-refractivity contribution is -0.359. The van der Waals surface area contributed by atoms with Crippen LogP contribution in [0.25, 0.3) is 0 Å². The lowest BCUT2D eigenvalue weighted by atomic mass is 9.97. The Kier molecular flexibility index (Phi) is 50.4. The SMILES string of the molecule is CC/C=C\C/C=C\C/C=C\C/C=C\C/C=C\C/C=C\C/C=C\C/C=C\C/C=C\C/C=C\C/C=C\C/C=C\CCCCC(=O)NC(COC1OC(CO)C(OC2OC(CO)C(O)C(O)C2O)C(O)C1O)C(O)/C=C/CCCCCCCCCCCCCC. The quantitative estimate of drug-likeness (QED) is 0.0204. The largest absolute Gasteiger partial charge is 0.394 e. The number of carbonyl (C=O) groups excluding carboxylic acids is 1.